The molecule has 6 heteroatoms. The zero-order valence-electron chi connectivity index (χ0n) is 14.1. The Hall–Kier alpha value is -2.34. The predicted octanol–water partition coefficient (Wildman–Crippen LogP) is 3.61. The molecule has 4 rings (SSSR count). The molecular formula is C20H18FNO3S. The quantitative estimate of drug-likeness (QED) is 0.611. The third kappa shape index (κ3) is 3.09. The number of fused-ring (bicyclic) bond motifs is 2. The standard InChI is InChI=1S/C20H18FNO3S/c21-14-6-8-15(9-7-14)26-12-18(23)22-11-3-10-20(13-22)17-5-2-1-4-16(17)19(24)25-20/h1-2,4-9H,3,10-13H2. The van der Waals surface area contributed by atoms with Crippen molar-refractivity contribution >= 4 is 23.6 Å². The maximum atomic E-state index is 13.0. The minimum Gasteiger partial charge on any atom is -0.449 e. The second-order valence-corrected chi connectivity index (χ2v) is 7.64. The number of amides is 1. The number of halogens is 1. The fourth-order valence-corrected chi connectivity index (χ4v) is 4.45. The summed E-state index contributed by atoms with van der Waals surface area (Å²) in [6.07, 6.45) is 1.51. The van der Waals surface area contributed by atoms with Crippen molar-refractivity contribution in [1.29, 1.82) is 0 Å². The molecular weight excluding hydrogens is 353 g/mol. The summed E-state index contributed by atoms with van der Waals surface area (Å²) < 4.78 is 18.7. The first-order chi connectivity index (χ1) is 12.6. The van der Waals surface area contributed by atoms with Crippen LogP contribution in [0.3, 0.4) is 0 Å². The van der Waals surface area contributed by atoms with Gasteiger partial charge in [0.1, 0.15) is 5.82 Å². The van der Waals surface area contributed by atoms with Crippen LogP contribution in [-0.4, -0.2) is 35.6 Å². The maximum absolute atomic E-state index is 13.0. The number of benzene rings is 2. The molecule has 2 aromatic rings. The Labute approximate surface area is 155 Å². The number of hydrogen-bond acceptors (Lipinski definition) is 4. The summed E-state index contributed by atoms with van der Waals surface area (Å²) in [5, 5.41) is 0. The average molecular weight is 371 g/mol. The molecule has 2 aliphatic heterocycles. The highest BCUT2D eigenvalue weighted by Crippen LogP contribution is 2.42. The van der Waals surface area contributed by atoms with Crippen LogP contribution in [0.5, 0.6) is 0 Å². The number of thioether (sulfide) groups is 1. The summed E-state index contributed by atoms with van der Waals surface area (Å²) in [6, 6.07) is 13.5. The summed E-state index contributed by atoms with van der Waals surface area (Å²) in [5.41, 5.74) is 0.762. The number of likely N-dealkylation sites (tertiary alicyclic amines) is 1. The van der Waals surface area contributed by atoms with Gasteiger partial charge in [-0.05, 0) is 43.2 Å². The molecule has 0 aromatic heterocycles. The van der Waals surface area contributed by atoms with Crippen LogP contribution < -0.4 is 0 Å². The molecule has 2 heterocycles. The monoisotopic (exact) mass is 371 g/mol. The molecule has 134 valence electrons. The maximum Gasteiger partial charge on any atom is 0.339 e. The molecule has 1 fully saturated rings. The van der Waals surface area contributed by atoms with Crippen molar-refractivity contribution in [2.24, 2.45) is 0 Å². The average Bonchev–Trinajstić information content (AvgIpc) is 2.93. The molecule has 1 saturated heterocycles. The Balaban J connectivity index is 1.46. The van der Waals surface area contributed by atoms with Gasteiger partial charge in [-0.15, -0.1) is 11.8 Å². The van der Waals surface area contributed by atoms with E-state index in [0.29, 0.717) is 18.7 Å². The van der Waals surface area contributed by atoms with E-state index in [1.807, 2.05) is 18.2 Å². The number of carbonyl (C=O) groups is 2. The number of piperidine rings is 1. The minimum atomic E-state index is -0.720. The van der Waals surface area contributed by atoms with Gasteiger partial charge in [-0.1, -0.05) is 18.2 Å². The van der Waals surface area contributed by atoms with Gasteiger partial charge >= 0.3 is 5.97 Å². The van der Waals surface area contributed by atoms with E-state index in [4.69, 9.17) is 4.74 Å². The number of rotatable bonds is 3. The molecule has 2 aromatic carbocycles. The van der Waals surface area contributed by atoms with Gasteiger partial charge in [0.2, 0.25) is 5.91 Å². The molecule has 26 heavy (non-hydrogen) atoms. The van der Waals surface area contributed by atoms with Crippen molar-refractivity contribution in [2.45, 2.75) is 23.3 Å². The fraction of sp³-hybridized carbons (Fsp3) is 0.300. The molecule has 1 atom stereocenters. The molecule has 1 amide bonds. The van der Waals surface area contributed by atoms with Gasteiger partial charge in [-0.2, -0.15) is 0 Å². The molecule has 0 saturated carbocycles. The Kier molecular flexibility index (Phi) is 4.44. The molecule has 0 bridgehead atoms. The lowest BCUT2D eigenvalue weighted by Gasteiger charge is -2.39. The fourth-order valence-electron chi connectivity index (χ4n) is 3.65. The van der Waals surface area contributed by atoms with Gasteiger partial charge in [-0.3, -0.25) is 4.79 Å². The van der Waals surface area contributed by atoms with Crippen LogP contribution in [0, 0.1) is 5.82 Å². The van der Waals surface area contributed by atoms with Crippen LogP contribution in [0.1, 0.15) is 28.8 Å². The van der Waals surface area contributed by atoms with E-state index in [9.17, 15) is 14.0 Å². The highest BCUT2D eigenvalue weighted by molar-refractivity contribution is 8.00. The lowest BCUT2D eigenvalue weighted by molar-refractivity contribution is -0.135. The summed E-state index contributed by atoms with van der Waals surface area (Å²) in [5.74, 6) is -0.327. The Morgan fingerprint density at radius 3 is 2.77 bits per heavy atom. The molecule has 0 radical (unpaired) electrons. The van der Waals surface area contributed by atoms with E-state index in [1.165, 1.54) is 23.9 Å². The van der Waals surface area contributed by atoms with Crippen LogP contribution in [0.15, 0.2) is 53.4 Å². The molecule has 0 N–H and O–H groups in total. The third-order valence-corrected chi connectivity index (χ3v) is 5.91. The Bertz CT molecular complexity index is 854. The second kappa shape index (κ2) is 6.76. The van der Waals surface area contributed by atoms with Crippen molar-refractivity contribution in [2.75, 3.05) is 18.8 Å². The highest BCUT2D eigenvalue weighted by atomic mass is 32.2. The zero-order chi connectivity index (χ0) is 18.1. The predicted molar refractivity (Wildman–Crippen MR) is 96.5 cm³/mol. The first kappa shape index (κ1) is 17.1. The van der Waals surface area contributed by atoms with Crippen molar-refractivity contribution < 1.29 is 18.7 Å². The van der Waals surface area contributed by atoms with E-state index in [2.05, 4.69) is 0 Å². The topological polar surface area (TPSA) is 46.6 Å². The summed E-state index contributed by atoms with van der Waals surface area (Å²) in [7, 11) is 0. The van der Waals surface area contributed by atoms with E-state index >= 15 is 0 Å². The molecule has 4 nitrogen and oxygen atoms in total. The van der Waals surface area contributed by atoms with E-state index in [1.54, 1.807) is 23.1 Å². The van der Waals surface area contributed by atoms with Gasteiger partial charge in [0.05, 0.1) is 17.9 Å². The van der Waals surface area contributed by atoms with Crippen molar-refractivity contribution in [3.05, 3.63) is 65.5 Å². The van der Waals surface area contributed by atoms with Crippen LogP contribution >= 0.6 is 11.8 Å². The van der Waals surface area contributed by atoms with Gasteiger partial charge in [0.15, 0.2) is 5.60 Å². The van der Waals surface area contributed by atoms with Gasteiger partial charge in [0.25, 0.3) is 0 Å². The van der Waals surface area contributed by atoms with Crippen LogP contribution in [0.4, 0.5) is 4.39 Å². The smallest absolute Gasteiger partial charge is 0.339 e. The highest BCUT2D eigenvalue weighted by Gasteiger charge is 2.48. The molecule has 0 aliphatic carbocycles. The SMILES string of the molecule is O=C1OC2(CCCN(C(=O)CSc3ccc(F)cc3)C2)c2ccccc21. The first-order valence-corrected chi connectivity index (χ1v) is 9.55. The van der Waals surface area contributed by atoms with Crippen molar-refractivity contribution in [3.63, 3.8) is 0 Å². The first-order valence-electron chi connectivity index (χ1n) is 8.56. The number of carbonyl (C=O) groups excluding carboxylic acids is 2. The third-order valence-electron chi connectivity index (χ3n) is 4.91. The second-order valence-electron chi connectivity index (χ2n) is 6.59. The summed E-state index contributed by atoms with van der Waals surface area (Å²) in [4.78, 5) is 27.5. The van der Waals surface area contributed by atoms with E-state index in [-0.39, 0.29) is 23.4 Å². The largest absolute Gasteiger partial charge is 0.449 e. The van der Waals surface area contributed by atoms with Crippen molar-refractivity contribution in [3.8, 4) is 0 Å². The van der Waals surface area contributed by atoms with Crippen LogP contribution in [0.25, 0.3) is 0 Å². The van der Waals surface area contributed by atoms with Crippen molar-refractivity contribution in [1.82, 2.24) is 4.90 Å². The van der Waals surface area contributed by atoms with Gasteiger partial charge < -0.3 is 9.64 Å². The Morgan fingerprint density at radius 1 is 1.19 bits per heavy atom. The lowest BCUT2D eigenvalue weighted by Crippen LogP contribution is -2.49. The zero-order valence-corrected chi connectivity index (χ0v) is 14.9. The Morgan fingerprint density at radius 2 is 1.96 bits per heavy atom. The molecule has 2 aliphatic rings. The number of hydrogen-bond donors (Lipinski definition) is 0. The lowest BCUT2D eigenvalue weighted by atomic mass is 9.85. The number of nitrogens with zero attached hydrogens (tertiary/aromatic N) is 1. The molecule has 1 spiro atoms. The minimum absolute atomic E-state index is 0.00108. The van der Waals surface area contributed by atoms with E-state index < -0.39 is 5.60 Å². The normalized spacial score (nSPS) is 21.6. The number of ether oxygens (including phenoxy) is 1. The van der Waals surface area contributed by atoms with Crippen LogP contribution in [0.2, 0.25) is 0 Å². The summed E-state index contributed by atoms with van der Waals surface area (Å²) >= 11 is 1.38. The van der Waals surface area contributed by atoms with Crippen LogP contribution in [-0.2, 0) is 15.1 Å². The van der Waals surface area contributed by atoms with E-state index in [0.717, 1.165) is 23.3 Å². The van der Waals surface area contributed by atoms with Gasteiger partial charge in [0, 0.05) is 17.0 Å². The van der Waals surface area contributed by atoms with Gasteiger partial charge in [-0.25, -0.2) is 9.18 Å². The number of esters is 1. The molecule has 1 unspecified atom stereocenters. The summed E-state index contributed by atoms with van der Waals surface area (Å²) in [6.45, 7) is 1.04.